The Morgan fingerprint density at radius 1 is 0.781 bits per heavy atom. The zero-order chi connectivity index (χ0) is 23.4. The Balaban J connectivity index is 2.30. The molecule has 168 valence electrons. The second-order valence-corrected chi connectivity index (χ2v) is 8.11. The van der Waals surface area contributed by atoms with Crippen molar-refractivity contribution >= 4 is 40.8 Å². The molecule has 0 atom stereocenters. The zero-order valence-electron chi connectivity index (χ0n) is 18.4. The molecule has 0 bridgehead atoms. The topological polar surface area (TPSA) is 55.8 Å². The van der Waals surface area contributed by atoms with Crippen LogP contribution in [0, 0.1) is 0 Å². The van der Waals surface area contributed by atoms with Crippen LogP contribution in [0.25, 0.3) is 0 Å². The lowest BCUT2D eigenvalue weighted by atomic mass is 9.79. The molecule has 1 heterocycles. The molecule has 0 saturated carbocycles. The fraction of sp³-hybridized carbons (Fsp3) is 0.280. The van der Waals surface area contributed by atoms with Gasteiger partial charge in [-0.05, 0) is 69.7 Å². The number of nitrogens with zero attached hydrogens (tertiary/aromatic N) is 1. The van der Waals surface area contributed by atoms with Gasteiger partial charge in [0.15, 0.2) is 0 Å². The van der Waals surface area contributed by atoms with Gasteiger partial charge in [-0.15, -0.1) is 0 Å². The molecule has 7 heteroatoms. The number of carbonyl (C=O) groups excluding carboxylic acids is 2. The maximum absolute atomic E-state index is 13.2. The van der Waals surface area contributed by atoms with Gasteiger partial charge >= 0.3 is 11.9 Å². The molecule has 2 aromatic rings. The van der Waals surface area contributed by atoms with Gasteiger partial charge in [-0.1, -0.05) is 35.3 Å². The van der Waals surface area contributed by atoms with E-state index >= 15 is 0 Å². The van der Waals surface area contributed by atoms with Crippen molar-refractivity contribution in [3.8, 4) is 0 Å². The highest BCUT2D eigenvalue weighted by molar-refractivity contribution is 6.30. The molecule has 0 fully saturated rings. The molecular weight excluding hydrogens is 449 g/mol. The summed E-state index contributed by atoms with van der Waals surface area (Å²) in [6.45, 7) is 7.60. The number of rotatable bonds is 6. The van der Waals surface area contributed by atoms with E-state index in [1.165, 1.54) is 0 Å². The quantitative estimate of drug-likeness (QED) is 0.462. The molecule has 0 aromatic heterocycles. The van der Waals surface area contributed by atoms with Crippen LogP contribution in [-0.2, 0) is 19.1 Å². The summed E-state index contributed by atoms with van der Waals surface area (Å²) in [7, 11) is 0. The second-order valence-electron chi connectivity index (χ2n) is 7.24. The number of carbonyl (C=O) groups is 2. The standard InChI is InChI=1S/C25H25Cl2NO4/c1-5-31-24(29)21-15(3)28(20-13-11-19(27)12-14-20)16(4)22(25(30)32-6-2)23(21)17-7-9-18(26)10-8-17/h7-14,23H,5-6H2,1-4H3. The predicted octanol–water partition coefficient (Wildman–Crippen LogP) is 6.27. The number of hydrogen-bond acceptors (Lipinski definition) is 5. The van der Waals surface area contributed by atoms with Crippen LogP contribution in [0.4, 0.5) is 5.69 Å². The number of anilines is 1. The fourth-order valence-electron chi connectivity index (χ4n) is 3.97. The molecule has 1 aliphatic heterocycles. The van der Waals surface area contributed by atoms with E-state index in [2.05, 4.69) is 0 Å². The number of hydrogen-bond donors (Lipinski definition) is 0. The molecule has 0 aliphatic carbocycles. The summed E-state index contributed by atoms with van der Waals surface area (Å²) in [6.07, 6.45) is 0. The smallest absolute Gasteiger partial charge is 0.336 e. The van der Waals surface area contributed by atoms with Crippen molar-refractivity contribution in [2.24, 2.45) is 0 Å². The third kappa shape index (κ3) is 4.69. The van der Waals surface area contributed by atoms with E-state index in [0.29, 0.717) is 32.6 Å². The Hall–Kier alpha value is -2.76. The Morgan fingerprint density at radius 2 is 1.19 bits per heavy atom. The highest BCUT2D eigenvalue weighted by Crippen LogP contribution is 2.44. The lowest BCUT2D eigenvalue weighted by Gasteiger charge is -2.38. The molecule has 5 nitrogen and oxygen atoms in total. The SMILES string of the molecule is CCOC(=O)C1=C(C)N(c2ccc(Cl)cc2)C(C)=C(C(=O)OCC)C1c1ccc(Cl)cc1. The first-order chi connectivity index (χ1) is 15.3. The molecule has 3 rings (SSSR count). The summed E-state index contributed by atoms with van der Waals surface area (Å²) < 4.78 is 10.8. The Bertz CT molecular complexity index is 1030. The summed E-state index contributed by atoms with van der Waals surface area (Å²) in [6, 6.07) is 14.3. The summed E-state index contributed by atoms with van der Waals surface area (Å²) in [5.74, 6) is -1.63. The Labute approximate surface area is 198 Å². The lowest BCUT2D eigenvalue weighted by molar-refractivity contribution is -0.139. The average Bonchev–Trinajstić information content (AvgIpc) is 2.75. The van der Waals surface area contributed by atoms with Gasteiger partial charge in [0.25, 0.3) is 0 Å². The van der Waals surface area contributed by atoms with E-state index in [-0.39, 0.29) is 13.2 Å². The van der Waals surface area contributed by atoms with Crippen molar-refractivity contribution in [2.45, 2.75) is 33.6 Å². The maximum Gasteiger partial charge on any atom is 0.336 e. The van der Waals surface area contributed by atoms with E-state index in [0.717, 1.165) is 11.3 Å². The first-order valence-electron chi connectivity index (χ1n) is 10.4. The minimum atomic E-state index is -0.658. The average molecular weight is 474 g/mol. The zero-order valence-corrected chi connectivity index (χ0v) is 20.0. The van der Waals surface area contributed by atoms with E-state index < -0.39 is 17.9 Å². The Morgan fingerprint density at radius 3 is 1.59 bits per heavy atom. The van der Waals surface area contributed by atoms with Gasteiger partial charge in [0, 0.05) is 27.1 Å². The molecule has 0 spiro atoms. The van der Waals surface area contributed by atoms with E-state index in [9.17, 15) is 9.59 Å². The van der Waals surface area contributed by atoms with Gasteiger partial charge < -0.3 is 14.4 Å². The molecule has 0 unspecified atom stereocenters. The summed E-state index contributed by atoms with van der Waals surface area (Å²) >= 11 is 12.2. The molecule has 32 heavy (non-hydrogen) atoms. The van der Waals surface area contributed by atoms with Crippen LogP contribution in [0.2, 0.25) is 10.0 Å². The van der Waals surface area contributed by atoms with E-state index in [1.54, 1.807) is 38.1 Å². The Kier molecular flexibility index (Phi) is 7.64. The van der Waals surface area contributed by atoms with Crippen molar-refractivity contribution in [3.05, 3.63) is 86.7 Å². The van der Waals surface area contributed by atoms with Crippen LogP contribution in [-0.4, -0.2) is 25.2 Å². The van der Waals surface area contributed by atoms with Crippen LogP contribution in [0.15, 0.2) is 71.1 Å². The van der Waals surface area contributed by atoms with Crippen molar-refractivity contribution < 1.29 is 19.1 Å². The number of ether oxygens (including phenoxy) is 2. The largest absolute Gasteiger partial charge is 0.463 e. The van der Waals surface area contributed by atoms with Gasteiger partial charge in [0.2, 0.25) is 0 Å². The second kappa shape index (κ2) is 10.2. The monoisotopic (exact) mass is 473 g/mol. The van der Waals surface area contributed by atoms with Crippen molar-refractivity contribution in [2.75, 3.05) is 18.1 Å². The molecule has 0 radical (unpaired) electrons. The molecular formula is C25H25Cl2NO4. The van der Waals surface area contributed by atoms with Crippen LogP contribution < -0.4 is 4.90 Å². The summed E-state index contributed by atoms with van der Waals surface area (Å²) in [5, 5.41) is 1.15. The van der Waals surface area contributed by atoms with Crippen molar-refractivity contribution in [1.29, 1.82) is 0 Å². The first-order valence-corrected chi connectivity index (χ1v) is 11.1. The minimum Gasteiger partial charge on any atom is -0.463 e. The molecule has 2 aromatic carbocycles. The van der Waals surface area contributed by atoms with Gasteiger partial charge in [-0.25, -0.2) is 9.59 Å². The van der Waals surface area contributed by atoms with Gasteiger partial charge in [-0.2, -0.15) is 0 Å². The number of esters is 2. The van der Waals surface area contributed by atoms with Crippen LogP contribution >= 0.6 is 23.2 Å². The van der Waals surface area contributed by atoms with Crippen LogP contribution in [0.1, 0.15) is 39.2 Å². The van der Waals surface area contributed by atoms with Gasteiger partial charge in [0.1, 0.15) is 0 Å². The number of allylic oxidation sites excluding steroid dienone is 2. The summed E-state index contributed by atoms with van der Waals surface area (Å²) in [4.78, 5) is 28.3. The molecule has 1 aliphatic rings. The number of halogens is 2. The number of benzene rings is 2. The highest BCUT2D eigenvalue weighted by atomic mass is 35.5. The lowest BCUT2D eigenvalue weighted by Crippen LogP contribution is -2.35. The van der Waals surface area contributed by atoms with Gasteiger partial charge in [-0.3, -0.25) is 0 Å². The van der Waals surface area contributed by atoms with E-state index in [1.807, 2.05) is 43.0 Å². The maximum atomic E-state index is 13.2. The molecule has 0 N–H and O–H groups in total. The van der Waals surface area contributed by atoms with Crippen molar-refractivity contribution in [1.82, 2.24) is 0 Å². The minimum absolute atomic E-state index is 0.210. The molecule has 0 amide bonds. The third-order valence-electron chi connectivity index (χ3n) is 5.31. The predicted molar refractivity (Wildman–Crippen MR) is 127 cm³/mol. The van der Waals surface area contributed by atoms with Crippen LogP contribution in [0.5, 0.6) is 0 Å². The highest BCUT2D eigenvalue weighted by Gasteiger charge is 2.41. The van der Waals surface area contributed by atoms with Gasteiger partial charge in [0.05, 0.1) is 30.3 Å². The summed E-state index contributed by atoms with van der Waals surface area (Å²) in [5.41, 5.74) is 3.58. The van der Waals surface area contributed by atoms with Crippen LogP contribution in [0.3, 0.4) is 0 Å². The van der Waals surface area contributed by atoms with E-state index in [4.69, 9.17) is 32.7 Å². The first kappa shape index (κ1) is 23.9. The normalized spacial score (nSPS) is 14.6. The fourth-order valence-corrected chi connectivity index (χ4v) is 4.22. The molecule has 0 saturated heterocycles. The van der Waals surface area contributed by atoms with Crippen molar-refractivity contribution in [3.63, 3.8) is 0 Å². The third-order valence-corrected chi connectivity index (χ3v) is 5.81.